The molecule has 0 aliphatic carbocycles. The maximum atomic E-state index is 11.1. The number of carbonyl (C=O) groups is 1. The van der Waals surface area contributed by atoms with E-state index in [2.05, 4.69) is 0 Å². The van der Waals surface area contributed by atoms with Crippen molar-refractivity contribution in [3.63, 3.8) is 0 Å². The molecule has 0 amide bonds. The van der Waals surface area contributed by atoms with Gasteiger partial charge in [-0.05, 0) is 12.8 Å². The van der Waals surface area contributed by atoms with Crippen LogP contribution in [0.5, 0.6) is 0 Å². The first kappa shape index (κ1) is 14.5. The van der Waals surface area contributed by atoms with Crippen LogP contribution in [0, 0.1) is 11.8 Å². The zero-order valence-corrected chi connectivity index (χ0v) is 10.2. The van der Waals surface area contributed by atoms with Gasteiger partial charge in [-0.3, -0.25) is 0 Å². The minimum Gasteiger partial charge on any atom is -0.463 e. The second kappa shape index (κ2) is 7.71. The summed E-state index contributed by atoms with van der Waals surface area (Å²) in [6.07, 6.45) is 2.39. The van der Waals surface area contributed by atoms with Gasteiger partial charge in [0.1, 0.15) is 0 Å². The molecule has 0 aliphatic rings. The maximum absolute atomic E-state index is 11.1. The summed E-state index contributed by atoms with van der Waals surface area (Å²) in [5.74, 6) is -0.114. The monoisotopic (exact) mass is 234 g/mol. The van der Waals surface area contributed by atoms with Crippen molar-refractivity contribution >= 4 is 17.6 Å². The van der Waals surface area contributed by atoms with Crippen molar-refractivity contribution in [2.45, 2.75) is 26.9 Å². The predicted molar refractivity (Wildman–Crippen MR) is 60.8 cm³/mol. The molecule has 0 aromatic heterocycles. The fourth-order valence-electron chi connectivity index (χ4n) is 1.28. The molecule has 1 N–H and O–H groups in total. The molecule has 0 heterocycles. The van der Waals surface area contributed by atoms with Gasteiger partial charge in [0.05, 0.1) is 12.7 Å². The number of alkyl halides is 1. The molecule has 0 aliphatic heterocycles. The van der Waals surface area contributed by atoms with Crippen molar-refractivity contribution in [1.82, 2.24) is 0 Å². The van der Waals surface area contributed by atoms with Crippen molar-refractivity contribution < 1.29 is 14.6 Å². The molecule has 2 atom stereocenters. The molecule has 3 nitrogen and oxygen atoms in total. The molecule has 0 radical (unpaired) electrons. The van der Waals surface area contributed by atoms with E-state index < -0.39 is 6.10 Å². The molecule has 88 valence electrons. The van der Waals surface area contributed by atoms with Crippen LogP contribution in [0.1, 0.15) is 20.8 Å². The van der Waals surface area contributed by atoms with E-state index in [-0.39, 0.29) is 23.7 Å². The van der Waals surface area contributed by atoms with Crippen molar-refractivity contribution in [3.8, 4) is 0 Å². The summed E-state index contributed by atoms with van der Waals surface area (Å²) in [4.78, 5) is 11.1. The minimum absolute atomic E-state index is 0.119. The molecule has 1 unspecified atom stereocenters. The highest BCUT2D eigenvalue weighted by molar-refractivity contribution is 6.18. The normalized spacial score (nSPS) is 15.6. The summed E-state index contributed by atoms with van der Waals surface area (Å²) >= 11 is 5.57. The van der Waals surface area contributed by atoms with Gasteiger partial charge in [0, 0.05) is 17.9 Å². The van der Waals surface area contributed by atoms with E-state index in [0.29, 0.717) is 6.61 Å². The van der Waals surface area contributed by atoms with Crippen LogP contribution in [-0.4, -0.2) is 29.7 Å². The Morgan fingerprint density at radius 1 is 1.53 bits per heavy atom. The fourth-order valence-corrected chi connectivity index (χ4v) is 1.48. The summed E-state index contributed by atoms with van der Waals surface area (Å²) in [6, 6.07) is 0. The van der Waals surface area contributed by atoms with Crippen molar-refractivity contribution in [2.24, 2.45) is 11.8 Å². The van der Waals surface area contributed by atoms with Crippen LogP contribution in [0.2, 0.25) is 0 Å². The first-order valence-corrected chi connectivity index (χ1v) is 5.65. The molecular weight excluding hydrogens is 216 g/mol. The molecule has 0 saturated heterocycles. The van der Waals surface area contributed by atoms with Gasteiger partial charge in [0.25, 0.3) is 0 Å². The number of rotatable bonds is 6. The molecule has 0 fully saturated rings. The van der Waals surface area contributed by atoms with Gasteiger partial charge >= 0.3 is 5.97 Å². The van der Waals surface area contributed by atoms with Crippen LogP contribution in [-0.2, 0) is 9.53 Å². The van der Waals surface area contributed by atoms with Gasteiger partial charge in [0.15, 0.2) is 0 Å². The van der Waals surface area contributed by atoms with E-state index in [0.717, 1.165) is 0 Å². The highest BCUT2D eigenvalue weighted by Crippen LogP contribution is 2.18. The number of hydrogen-bond acceptors (Lipinski definition) is 3. The van der Waals surface area contributed by atoms with Gasteiger partial charge in [-0.1, -0.05) is 19.9 Å². The van der Waals surface area contributed by atoms with Gasteiger partial charge in [-0.25, -0.2) is 4.79 Å². The van der Waals surface area contributed by atoms with Crippen LogP contribution in [0.25, 0.3) is 0 Å². The third-order valence-corrected chi connectivity index (χ3v) is 2.43. The quantitative estimate of drug-likeness (QED) is 0.434. The molecule has 15 heavy (non-hydrogen) atoms. The Hall–Kier alpha value is -0.540. The molecule has 0 spiro atoms. The van der Waals surface area contributed by atoms with E-state index in [1.54, 1.807) is 13.0 Å². The Kier molecular flexibility index (Phi) is 7.44. The first-order chi connectivity index (χ1) is 7.02. The van der Waals surface area contributed by atoms with E-state index in [9.17, 15) is 9.90 Å². The smallest absolute Gasteiger partial charge is 0.330 e. The number of esters is 1. The Balaban J connectivity index is 4.34. The van der Waals surface area contributed by atoms with E-state index in [1.165, 1.54) is 6.08 Å². The summed E-state index contributed by atoms with van der Waals surface area (Å²) in [5, 5.41) is 9.60. The zero-order valence-electron chi connectivity index (χ0n) is 9.44. The first-order valence-electron chi connectivity index (χ1n) is 5.11. The fraction of sp³-hybridized carbons (Fsp3) is 0.727. The van der Waals surface area contributed by atoms with Crippen LogP contribution in [0.4, 0.5) is 0 Å². The lowest BCUT2D eigenvalue weighted by Crippen LogP contribution is -2.25. The third-order valence-electron chi connectivity index (χ3n) is 2.11. The summed E-state index contributed by atoms with van der Waals surface area (Å²) in [6.45, 7) is 6.04. The highest BCUT2D eigenvalue weighted by Gasteiger charge is 2.19. The summed E-state index contributed by atoms with van der Waals surface area (Å²) in [5.41, 5.74) is 0. The summed E-state index contributed by atoms with van der Waals surface area (Å²) < 4.78 is 4.75. The molecule has 0 aromatic rings. The molecule has 0 aromatic carbocycles. The van der Waals surface area contributed by atoms with Gasteiger partial charge in [0.2, 0.25) is 0 Å². The molecular formula is C11H19ClO3. The molecule has 0 bridgehead atoms. The Bertz CT molecular complexity index is 214. The number of carbonyl (C=O) groups excluding carboxylic acids is 1. The topological polar surface area (TPSA) is 46.5 Å². The van der Waals surface area contributed by atoms with E-state index in [1.807, 2.05) is 13.8 Å². The van der Waals surface area contributed by atoms with Crippen LogP contribution in [0.3, 0.4) is 0 Å². The SMILES string of the molecule is CCOC(=O)/C=C/C(C(C)C)[C@@H](O)CCl. The summed E-state index contributed by atoms with van der Waals surface area (Å²) in [7, 11) is 0. The maximum Gasteiger partial charge on any atom is 0.330 e. The number of ether oxygens (including phenoxy) is 1. The number of hydrogen-bond donors (Lipinski definition) is 1. The third kappa shape index (κ3) is 5.80. The lowest BCUT2D eigenvalue weighted by molar-refractivity contribution is -0.137. The number of aliphatic hydroxyl groups is 1. The van der Waals surface area contributed by atoms with Crippen LogP contribution < -0.4 is 0 Å². The van der Waals surface area contributed by atoms with Crippen molar-refractivity contribution in [3.05, 3.63) is 12.2 Å². The van der Waals surface area contributed by atoms with Crippen molar-refractivity contribution in [1.29, 1.82) is 0 Å². The zero-order chi connectivity index (χ0) is 11.8. The van der Waals surface area contributed by atoms with E-state index in [4.69, 9.17) is 16.3 Å². The average molecular weight is 235 g/mol. The lowest BCUT2D eigenvalue weighted by atomic mass is 9.90. The second-order valence-corrected chi connectivity index (χ2v) is 3.96. The minimum atomic E-state index is -0.627. The molecule has 0 saturated carbocycles. The number of halogens is 1. The van der Waals surface area contributed by atoms with Gasteiger partial charge in [-0.2, -0.15) is 0 Å². The lowest BCUT2D eigenvalue weighted by Gasteiger charge is -2.21. The van der Waals surface area contributed by atoms with Gasteiger partial charge < -0.3 is 9.84 Å². The standard InChI is InChI=1S/C11H19ClO3/c1-4-15-11(14)6-5-9(8(2)3)10(13)7-12/h5-6,8-10,13H,4,7H2,1-3H3/b6-5+/t9?,10-/m0/s1. The van der Waals surface area contributed by atoms with Crippen LogP contribution >= 0.6 is 11.6 Å². The Morgan fingerprint density at radius 2 is 2.13 bits per heavy atom. The molecule has 4 heteroatoms. The Morgan fingerprint density at radius 3 is 2.53 bits per heavy atom. The van der Waals surface area contributed by atoms with Crippen LogP contribution in [0.15, 0.2) is 12.2 Å². The average Bonchev–Trinajstić information content (AvgIpc) is 2.17. The molecule has 0 rings (SSSR count). The second-order valence-electron chi connectivity index (χ2n) is 3.65. The predicted octanol–water partition coefficient (Wildman–Crippen LogP) is 1.98. The number of aliphatic hydroxyl groups excluding tert-OH is 1. The highest BCUT2D eigenvalue weighted by atomic mass is 35.5. The van der Waals surface area contributed by atoms with E-state index >= 15 is 0 Å². The van der Waals surface area contributed by atoms with Crippen molar-refractivity contribution in [2.75, 3.05) is 12.5 Å². The van der Waals surface area contributed by atoms with Gasteiger partial charge in [-0.15, -0.1) is 11.6 Å². The Labute approximate surface area is 96.1 Å². The largest absolute Gasteiger partial charge is 0.463 e.